The maximum absolute atomic E-state index is 5.37. The molecule has 0 unspecified atom stereocenters. The van der Waals surface area contributed by atoms with Gasteiger partial charge in [-0.1, -0.05) is 12.2 Å². The van der Waals surface area contributed by atoms with Crippen LogP contribution in [0.4, 0.5) is 5.82 Å². The zero-order valence-corrected chi connectivity index (χ0v) is 7.53. The van der Waals surface area contributed by atoms with Crippen molar-refractivity contribution in [2.75, 3.05) is 12.0 Å². The molecule has 0 aliphatic rings. The van der Waals surface area contributed by atoms with Gasteiger partial charge in [-0.25, -0.2) is 10.8 Å². The van der Waals surface area contributed by atoms with Gasteiger partial charge in [-0.05, 0) is 13.0 Å². The van der Waals surface area contributed by atoms with Gasteiger partial charge in [0.1, 0.15) is 18.2 Å². The number of hydrogen-bond acceptors (Lipinski definition) is 4. The fraction of sp³-hybridized carbons (Fsp3) is 0.222. The van der Waals surface area contributed by atoms with Gasteiger partial charge in [-0.15, -0.1) is 0 Å². The number of rotatable bonds is 4. The molecule has 0 fully saturated rings. The van der Waals surface area contributed by atoms with E-state index in [1.165, 1.54) is 0 Å². The molecule has 4 heteroatoms. The normalized spacial score (nSPS) is 10.3. The molecule has 1 heterocycles. The first-order valence-corrected chi connectivity index (χ1v) is 4.03. The molecule has 1 aromatic heterocycles. The Bertz CT molecular complexity index is 286. The summed E-state index contributed by atoms with van der Waals surface area (Å²) in [5.74, 6) is 6.54. The Labute approximate surface area is 77.4 Å². The third-order valence-electron chi connectivity index (χ3n) is 1.46. The number of ether oxygens (including phenoxy) is 1. The molecule has 0 atom stereocenters. The second-order valence-corrected chi connectivity index (χ2v) is 2.40. The predicted molar refractivity (Wildman–Crippen MR) is 52.4 cm³/mol. The number of nitrogen functional groups attached to an aromatic ring is 1. The Balaban J connectivity index is 2.56. The zero-order chi connectivity index (χ0) is 9.52. The first-order chi connectivity index (χ1) is 6.36. The fourth-order valence-electron chi connectivity index (χ4n) is 0.820. The average Bonchev–Trinajstić information content (AvgIpc) is 2.19. The van der Waals surface area contributed by atoms with Crippen LogP contribution in [0, 0.1) is 0 Å². The van der Waals surface area contributed by atoms with E-state index in [1.807, 2.05) is 19.1 Å². The van der Waals surface area contributed by atoms with E-state index in [9.17, 15) is 0 Å². The van der Waals surface area contributed by atoms with E-state index in [0.29, 0.717) is 12.4 Å². The van der Waals surface area contributed by atoms with Crippen LogP contribution in [0.25, 0.3) is 0 Å². The van der Waals surface area contributed by atoms with Crippen molar-refractivity contribution >= 4 is 5.82 Å². The molecule has 1 aromatic rings. The second kappa shape index (κ2) is 5.16. The summed E-state index contributed by atoms with van der Waals surface area (Å²) in [6.07, 6.45) is 5.50. The van der Waals surface area contributed by atoms with Crippen LogP contribution in [0.1, 0.15) is 6.92 Å². The molecule has 0 aromatic carbocycles. The van der Waals surface area contributed by atoms with Gasteiger partial charge in [0.15, 0.2) is 0 Å². The highest BCUT2D eigenvalue weighted by Crippen LogP contribution is 2.13. The van der Waals surface area contributed by atoms with Gasteiger partial charge in [0.25, 0.3) is 0 Å². The van der Waals surface area contributed by atoms with Gasteiger partial charge in [0.2, 0.25) is 0 Å². The van der Waals surface area contributed by atoms with Crippen LogP contribution in [-0.4, -0.2) is 11.6 Å². The van der Waals surface area contributed by atoms with E-state index in [1.54, 1.807) is 18.3 Å². The standard InChI is InChI=1S/C9H13N3O/c1-2-3-6-13-8-4-5-11-9(7-8)12-10/h2-5,7H,6,10H2,1H3,(H,11,12)/b3-2+. The molecule has 0 aliphatic heterocycles. The summed E-state index contributed by atoms with van der Waals surface area (Å²) in [4.78, 5) is 3.95. The fourth-order valence-corrected chi connectivity index (χ4v) is 0.820. The summed E-state index contributed by atoms with van der Waals surface area (Å²) in [5, 5.41) is 0. The number of pyridine rings is 1. The maximum atomic E-state index is 5.37. The number of anilines is 1. The Morgan fingerprint density at radius 1 is 1.69 bits per heavy atom. The van der Waals surface area contributed by atoms with Crippen molar-refractivity contribution in [2.24, 2.45) is 5.84 Å². The Hall–Kier alpha value is -1.55. The molecule has 0 amide bonds. The Morgan fingerprint density at radius 3 is 3.23 bits per heavy atom. The van der Waals surface area contributed by atoms with Gasteiger partial charge < -0.3 is 10.2 Å². The van der Waals surface area contributed by atoms with Crippen LogP contribution >= 0.6 is 0 Å². The lowest BCUT2D eigenvalue weighted by Crippen LogP contribution is -2.08. The monoisotopic (exact) mass is 179 g/mol. The number of hydrogen-bond donors (Lipinski definition) is 2. The van der Waals surface area contributed by atoms with Crippen LogP contribution in [0.3, 0.4) is 0 Å². The molecule has 0 spiro atoms. The molecule has 4 nitrogen and oxygen atoms in total. The first-order valence-electron chi connectivity index (χ1n) is 4.03. The summed E-state index contributed by atoms with van der Waals surface area (Å²) < 4.78 is 5.37. The van der Waals surface area contributed by atoms with Crippen molar-refractivity contribution in [1.82, 2.24) is 4.98 Å². The average molecular weight is 179 g/mol. The Morgan fingerprint density at radius 2 is 2.54 bits per heavy atom. The van der Waals surface area contributed by atoms with Crippen molar-refractivity contribution in [1.29, 1.82) is 0 Å². The SMILES string of the molecule is C/C=C/COc1ccnc(NN)c1. The summed E-state index contributed by atoms with van der Waals surface area (Å²) in [7, 11) is 0. The van der Waals surface area contributed by atoms with Crippen molar-refractivity contribution in [3.05, 3.63) is 30.5 Å². The third kappa shape index (κ3) is 3.13. The first kappa shape index (κ1) is 9.54. The molecule has 0 radical (unpaired) electrons. The number of nitrogens with two attached hydrogens (primary N) is 1. The van der Waals surface area contributed by atoms with Crippen molar-refractivity contribution in [3.8, 4) is 5.75 Å². The Kier molecular flexibility index (Phi) is 3.78. The van der Waals surface area contributed by atoms with E-state index < -0.39 is 0 Å². The quantitative estimate of drug-likeness (QED) is 0.416. The van der Waals surface area contributed by atoms with Crippen LogP contribution < -0.4 is 16.0 Å². The molecule has 0 saturated heterocycles. The lowest BCUT2D eigenvalue weighted by atomic mass is 10.4. The molecule has 0 bridgehead atoms. The van der Waals surface area contributed by atoms with Gasteiger partial charge in [-0.2, -0.15) is 0 Å². The summed E-state index contributed by atoms with van der Waals surface area (Å²) in [6, 6.07) is 3.52. The van der Waals surface area contributed by atoms with Crippen molar-refractivity contribution in [3.63, 3.8) is 0 Å². The largest absolute Gasteiger partial charge is 0.489 e. The molecule has 13 heavy (non-hydrogen) atoms. The van der Waals surface area contributed by atoms with Crippen LogP contribution in [-0.2, 0) is 0 Å². The molecule has 0 aliphatic carbocycles. The highest BCUT2D eigenvalue weighted by atomic mass is 16.5. The second-order valence-electron chi connectivity index (χ2n) is 2.40. The van der Waals surface area contributed by atoms with E-state index in [-0.39, 0.29) is 0 Å². The van der Waals surface area contributed by atoms with Gasteiger partial charge in [-0.3, -0.25) is 0 Å². The highest BCUT2D eigenvalue weighted by molar-refractivity contribution is 5.39. The summed E-state index contributed by atoms with van der Waals surface area (Å²) in [5.41, 5.74) is 2.45. The molecule has 3 N–H and O–H groups in total. The van der Waals surface area contributed by atoms with Gasteiger partial charge in [0, 0.05) is 12.3 Å². The van der Waals surface area contributed by atoms with E-state index in [0.717, 1.165) is 5.75 Å². The summed E-state index contributed by atoms with van der Waals surface area (Å²) >= 11 is 0. The highest BCUT2D eigenvalue weighted by Gasteiger charge is 1.94. The van der Waals surface area contributed by atoms with Crippen molar-refractivity contribution in [2.45, 2.75) is 6.92 Å². The molecule has 1 rings (SSSR count). The van der Waals surface area contributed by atoms with Crippen LogP contribution in [0.2, 0.25) is 0 Å². The van der Waals surface area contributed by atoms with Crippen LogP contribution in [0.15, 0.2) is 30.5 Å². The predicted octanol–water partition coefficient (Wildman–Crippen LogP) is 1.32. The number of hydrazine groups is 1. The minimum absolute atomic E-state index is 0.560. The van der Waals surface area contributed by atoms with E-state index >= 15 is 0 Å². The minimum atomic E-state index is 0.560. The molecule has 0 saturated carbocycles. The molecular weight excluding hydrogens is 166 g/mol. The topological polar surface area (TPSA) is 60.2 Å². The number of allylic oxidation sites excluding steroid dienone is 1. The van der Waals surface area contributed by atoms with E-state index in [4.69, 9.17) is 10.6 Å². The summed E-state index contributed by atoms with van der Waals surface area (Å²) in [6.45, 7) is 2.51. The van der Waals surface area contributed by atoms with Gasteiger partial charge in [0.05, 0.1) is 0 Å². The maximum Gasteiger partial charge on any atom is 0.143 e. The molecular formula is C9H13N3O. The smallest absolute Gasteiger partial charge is 0.143 e. The van der Waals surface area contributed by atoms with Crippen molar-refractivity contribution < 1.29 is 4.74 Å². The van der Waals surface area contributed by atoms with E-state index in [2.05, 4.69) is 10.4 Å². The minimum Gasteiger partial charge on any atom is -0.489 e. The number of nitrogens with zero attached hydrogens (tertiary/aromatic N) is 1. The molecule has 70 valence electrons. The lowest BCUT2D eigenvalue weighted by Gasteiger charge is -2.04. The lowest BCUT2D eigenvalue weighted by molar-refractivity contribution is 0.362. The van der Waals surface area contributed by atoms with Crippen LogP contribution in [0.5, 0.6) is 5.75 Å². The number of aromatic nitrogens is 1. The third-order valence-corrected chi connectivity index (χ3v) is 1.46. The number of nitrogens with one attached hydrogen (secondary N) is 1. The zero-order valence-electron chi connectivity index (χ0n) is 7.53. The van der Waals surface area contributed by atoms with Gasteiger partial charge >= 0.3 is 0 Å².